The van der Waals surface area contributed by atoms with Crippen LogP contribution in [0.1, 0.15) is 32.6 Å². The number of thioether (sulfide) groups is 1. The number of hydrogen-bond donors (Lipinski definition) is 3. The highest BCUT2D eigenvalue weighted by atomic mass is 32.2. The van der Waals surface area contributed by atoms with Gasteiger partial charge in [-0.25, -0.2) is 4.79 Å². The lowest BCUT2D eigenvalue weighted by atomic mass is 10.0. The van der Waals surface area contributed by atoms with Gasteiger partial charge in [-0.2, -0.15) is 0 Å². The van der Waals surface area contributed by atoms with Gasteiger partial charge in [-0.3, -0.25) is 24.1 Å². The van der Waals surface area contributed by atoms with Crippen LogP contribution in [-0.2, 0) is 28.7 Å². The van der Waals surface area contributed by atoms with Crippen LogP contribution in [0, 0.1) is 0 Å². The molecule has 2 aliphatic heterocycles. The lowest BCUT2D eigenvalue weighted by molar-refractivity contribution is -0.151. The van der Waals surface area contributed by atoms with Crippen molar-refractivity contribution in [2.75, 3.05) is 12.4 Å². The van der Waals surface area contributed by atoms with Crippen molar-refractivity contribution < 1.29 is 38.9 Å². The average Bonchev–Trinajstić information content (AvgIpc) is 2.60. The summed E-state index contributed by atoms with van der Waals surface area (Å²) in [5.74, 6) is -3.45. The summed E-state index contributed by atoms with van der Waals surface area (Å²) in [6, 6.07) is -0.827. The number of carboxylic acids is 2. The number of carbonyl (C=O) groups excluding carboxylic acids is 3. The van der Waals surface area contributed by atoms with Crippen LogP contribution < -0.4 is 5.32 Å². The predicted molar refractivity (Wildman–Crippen MR) is 92.4 cm³/mol. The third-order valence-electron chi connectivity index (χ3n) is 4.06. The zero-order valence-electron chi connectivity index (χ0n) is 14.6. The van der Waals surface area contributed by atoms with E-state index in [1.54, 1.807) is 0 Å². The van der Waals surface area contributed by atoms with Crippen molar-refractivity contribution in [1.82, 2.24) is 10.2 Å². The number of rotatable bonds is 9. The number of β-lactam (4-membered cyclic amide) rings is 1. The highest BCUT2D eigenvalue weighted by molar-refractivity contribution is 8.00. The van der Waals surface area contributed by atoms with E-state index in [2.05, 4.69) is 5.32 Å². The zero-order valence-corrected chi connectivity index (χ0v) is 15.4. The molecule has 27 heavy (non-hydrogen) atoms. The standard InChI is InChI=1S/C16H20N2O8S/c1-8(19)26-6-9-7-27-15-12(14(23)18(15)13(9)16(24)25)17-10(20)4-2-3-5-11(21)22/h12,15H,2-7H2,1H3,(H,17,20)(H,21,22)(H,24,25)/t12-,15?/m1/s1. The number of nitrogens with zero attached hydrogens (tertiary/aromatic N) is 1. The van der Waals surface area contributed by atoms with Gasteiger partial charge < -0.3 is 20.3 Å². The maximum Gasteiger partial charge on any atom is 0.352 e. The van der Waals surface area contributed by atoms with Gasteiger partial charge in [0.25, 0.3) is 5.91 Å². The summed E-state index contributed by atoms with van der Waals surface area (Å²) in [4.78, 5) is 58.4. The van der Waals surface area contributed by atoms with E-state index >= 15 is 0 Å². The Kier molecular flexibility index (Phi) is 6.83. The molecule has 0 aromatic heterocycles. The molecule has 0 spiro atoms. The van der Waals surface area contributed by atoms with Crippen molar-refractivity contribution in [3.05, 3.63) is 11.3 Å². The summed E-state index contributed by atoms with van der Waals surface area (Å²) in [5, 5.41) is 20.0. The van der Waals surface area contributed by atoms with Gasteiger partial charge in [0.2, 0.25) is 5.91 Å². The van der Waals surface area contributed by atoms with Gasteiger partial charge in [-0.05, 0) is 12.8 Å². The quantitative estimate of drug-likeness (QED) is 0.274. The first-order valence-corrected chi connectivity index (χ1v) is 9.31. The Hall–Kier alpha value is -2.56. The summed E-state index contributed by atoms with van der Waals surface area (Å²) < 4.78 is 4.84. The number of ether oxygens (including phenoxy) is 1. The van der Waals surface area contributed by atoms with E-state index in [-0.39, 0.29) is 36.8 Å². The van der Waals surface area contributed by atoms with Gasteiger partial charge >= 0.3 is 17.9 Å². The normalized spacial score (nSPS) is 21.2. The van der Waals surface area contributed by atoms with E-state index in [0.29, 0.717) is 18.4 Å². The number of fused-ring (bicyclic) bond motifs is 1. The molecule has 0 radical (unpaired) electrons. The summed E-state index contributed by atoms with van der Waals surface area (Å²) in [5.41, 5.74) is 0.114. The Bertz CT molecular complexity index is 705. The summed E-state index contributed by atoms with van der Waals surface area (Å²) in [7, 11) is 0. The van der Waals surface area contributed by atoms with Crippen LogP contribution in [0.2, 0.25) is 0 Å². The van der Waals surface area contributed by atoms with Crippen LogP contribution in [0.15, 0.2) is 11.3 Å². The number of amides is 2. The molecule has 0 bridgehead atoms. The van der Waals surface area contributed by atoms with E-state index in [4.69, 9.17) is 9.84 Å². The smallest absolute Gasteiger partial charge is 0.352 e. The lowest BCUT2D eigenvalue weighted by Crippen LogP contribution is -2.70. The van der Waals surface area contributed by atoms with E-state index in [9.17, 15) is 29.1 Å². The molecule has 2 amide bonds. The Balaban J connectivity index is 1.96. The minimum Gasteiger partial charge on any atom is -0.481 e. The first-order chi connectivity index (χ1) is 12.7. The fourth-order valence-corrected chi connectivity index (χ4v) is 4.12. The van der Waals surface area contributed by atoms with Crippen molar-refractivity contribution in [1.29, 1.82) is 0 Å². The molecule has 0 aliphatic carbocycles. The van der Waals surface area contributed by atoms with Gasteiger partial charge in [0.15, 0.2) is 0 Å². The lowest BCUT2D eigenvalue weighted by Gasteiger charge is -2.49. The minimum absolute atomic E-state index is 0.0280. The molecule has 10 nitrogen and oxygen atoms in total. The van der Waals surface area contributed by atoms with Crippen molar-refractivity contribution in [2.24, 2.45) is 0 Å². The van der Waals surface area contributed by atoms with Gasteiger partial charge in [-0.1, -0.05) is 0 Å². The van der Waals surface area contributed by atoms with Gasteiger partial charge in [0.1, 0.15) is 23.7 Å². The molecule has 148 valence electrons. The molecule has 2 aliphatic rings. The summed E-state index contributed by atoms with van der Waals surface area (Å²) in [6.45, 7) is 0.998. The fraction of sp³-hybridized carbons (Fsp3) is 0.562. The molecule has 3 N–H and O–H groups in total. The van der Waals surface area contributed by atoms with Gasteiger partial charge in [-0.15, -0.1) is 11.8 Å². The molecule has 0 aromatic carbocycles. The Morgan fingerprint density at radius 3 is 2.48 bits per heavy atom. The molecule has 1 saturated heterocycles. The van der Waals surface area contributed by atoms with Gasteiger partial charge in [0.05, 0.1) is 0 Å². The highest BCUT2D eigenvalue weighted by Gasteiger charge is 2.54. The maximum atomic E-state index is 12.4. The molecule has 1 unspecified atom stereocenters. The first kappa shape index (κ1) is 20.7. The molecule has 0 aromatic rings. The third kappa shape index (κ3) is 5.00. The van der Waals surface area contributed by atoms with E-state index < -0.39 is 35.2 Å². The average molecular weight is 400 g/mol. The van der Waals surface area contributed by atoms with Crippen molar-refractivity contribution in [2.45, 2.75) is 44.0 Å². The van der Waals surface area contributed by atoms with E-state index in [1.165, 1.54) is 18.7 Å². The molecule has 1 fully saturated rings. The summed E-state index contributed by atoms with van der Waals surface area (Å²) >= 11 is 1.28. The Morgan fingerprint density at radius 1 is 1.22 bits per heavy atom. The second-order valence-corrected chi connectivity index (χ2v) is 7.20. The molecule has 2 heterocycles. The Labute approximate surface area is 158 Å². The van der Waals surface area contributed by atoms with Crippen molar-refractivity contribution in [3.8, 4) is 0 Å². The zero-order chi connectivity index (χ0) is 20.1. The summed E-state index contributed by atoms with van der Waals surface area (Å²) in [6.07, 6.45) is 0.804. The van der Waals surface area contributed by atoms with Crippen LogP contribution in [0.3, 0.4) is 0 Å². The molecular formula is C16H20N2O8S. The van der Waals surface area contributed by atoms with Crippen LogP contribution in [-0.4, -0.2) is 68.6 Å². The maximum absolute atomic E-state index is 12.4. The third-order valence-corrected chi connectivity index (χ3v) is 5.40. The molecule has 2 atom stereocenters. The predicted octanol–water partition coefficient (Wildman–Crippen LogP) is -0.0669. The number of aliphatic carboxylic acids is 2. The monoisotopic (exact) mass is 400 g/mol. The van der Waals surface area contributed by atoms with Crippen LogP contribution in [0.25, 0.3) is 0 Å². The van der Waals surface area contributed by atoms with Crippen LogP contribution >= 0.6 is 11.8 Å². The number of carbonyl (C=O) groups is 5. The largest absolute Gasteiger partial charge is 0.481 e. The van der Waals surface area contributed by atoms with E-state index in [0.717, 1.165) is 4.90 Å². The topological polar surface area (TPSA) is 150 Å². The van der Waals surface area contributed by atoms with Gasteiger partial charge in [0, 0.05) is 31.1 Å². The molecule has 2 rings (SSSR count). The number of esters is 1. The Morgan fingerprint density at radius 2 is 1.89 bits per heavy atom. The molecular weight excluding hydrogens is 380 g/mol. The number of hydrogen-bond acceptors (Lipinski definition) is 7. The van der Waals surface area contributed by atoms with Crippen LogP contribution in [0.5, 0.6) is 0 Å². The number of nitrogens with one attached hydrogen (secondary N) is 1. The van der Waals surface area contributed by atoms with Crippen molar-refractivity contribution >= 4 is 41.5 Å². The minimum atomic E-state index is -1.30. The highest BCUT2D eigenvalue weighted by Crippen LogP contribution is 2.40. The molecule has 11 heteroatoms. The fourth-order valence-electron chi connectivity index (χ4n) is 2.79. The van der Waals surface area contributed by atoms with E-state index in [1.807, 2.05) is 0 Å². The molecule has 0 saturated carbocycles. The van der Waals surface area contributed by atoms with Crippen molar-refractivity contribution in [3.63, 3.8) is 0 Å². The SMILES string of the molecule is CC(=O)OCC1=C(C(=O)O)N2C(=O)[C@@H](NC(=O)CCCCC(=O)O)C2SC1. The number of carboxylic acid groups (broad SMARTS) is 2. The van der Waals surface area contributed by atoms with Crippen LogP contribution in [0.4, 0.5) is 0 Å². The second kappa shape index (κ2) is 8.89. The second-order valence-electron chi connectivity index (χ2n) is 6.09. The first-order valence-electron chi connectivity index (χ1n) is 8.27. The number of unbranched alkanes of at least 4 members (excludes halogenated alkanes) is 1.